The average molecular weight is 324 g/mol. The predicted molar refractivity (Wildman–Crippen MR) is 87.6 cm³/mol. The maximum absolute atomic E-state index is 11.9. The van der Waals surface area contributed by atoms with Gasteiger partial charge in [-0.1, -0.05) is 12.1 Å². The van der Waals surface area contributed by atoms with Crippen molar-refractivity contribution in [2.45, 2.75) is 13.3 Å². The third-order valence-corrected chi connectivity index (χ3v) is 5.26. The minimum absolute atomic E-state index is 0.0937. The van der Waals surface area contributed by atoms with Crippen LogP contribution < -0.4 is 10.9 Å². The van der Waals surface area contributed by atoms with E-state index in [-0.39, 0.29) is 11.3 Å². The van der Waals surface area contributed by atoms with Crippen LogP contribution in [0.25, 0.3) is 10.9 Å². The number of rotatable bonds is 7. The highest BCUT2D eigenvalue weighted by Gasteiger charge is 2.13. The predicted octanol–water partition coefficient (Wildman–Crippen LogP) is 1.01. The van der Waals surface area contributed by atoms with Gasteiger partial charge in [-0.25, -0.2) is 17.7 Å². The van der Waals surface area contributed by atoms with Crippen LogP contribution in [0.2, 0.25) is 0 Å². The molecule has 0 aliphatic carbocycles. The maximum Gasteiger partial charge on any atom is 0.260 e. The lowest BCUT2D eigenvalue weighted by atomic mass is 10.2. The smallest absolute Gasteiger partial charge is 0.260 e. The third kappa shape index (κ3) is 3.83. The van der Waals surface area contributed by atoms with Crippen molar-refractivity contribution in [3.8, 4) is 0 Å². The highest BCUT2D eigenvalue weighted by atomic mass is 32.2. The number of fused-ring (bicyclic) bond motifs is 1. The first-order valence-electron chi connectivity index (χ1n) is 7.11. The summed E-state index contributed by atoms with van der Waals surface area (Å²) in [6, 6.07) is 7.10. The van der Waals surface area contributed by atoms with Crippen molar-refractivity contribution >= 4 is 26.9 Å². The molecule has 0 unspecified atom stereocenters. The van der Waals surface area contributed by atoms with Crippen LogP contribution in [-0.4, -0.2) is 48.6 Å². The Kier molecular flexibility index (Phi) is 5.15. The zero-order valence-corrected chi connectivity index (χ0v) is 13.5. The second-order valence-electron chi connectivity index (χ2n) is 4.93. The fourth-order valence-corrected chi connectivity index (χ4v) is 2.89. The fraction of sp³-hybridized carbons (Fsp3) is 0.429. The van der Waals surface area contributed by atoms with Gasteiger partial charge in [0, 0.05) is 20.1 Å². The molecule has 1 heterocycles. The van der Waals surface area contributed by atoms with E-state index in [9.17, 15) is 13.2 Å². The Morgan fingerprint density at radius 3 is 2.77 bits per heavy atom. The van der Waals surface area contributed by atoms with Crippen LogP contribution in [0, 0.1) is 0 Å². The summed E-state index contributed by atoms with van der Waals surface area (Å²) in [5, 5.41) is 3.56. The van der Waals surface area contributed by atoms with Crippen LogP contribution >= 0.6 is 0 Å². The van der Waals surface area contributed by atoms with E-state index in [0.717, 1.165) is 0 Å². The summed E-state index contributed by atoms with van der Waals surface area (Å²) < 4.78 is 24.5. The van der Waals surface area contributed by atoms with Crippen LogP contribution in [0.4, 0.5) is 5.95 Å². The first kappa shape index (κ1) is 16.4. The van der Waals surface area contributed by atoms with Crippen molar-refractivity contribution in [2.24, 2.45) is 0 Å². The molecule has 8 heteroatoms. The highest BCUT2D eigenvalue weighted by molar-refractivity contribution is 7.89. The van der Waals surface area contributed by atoms with Gasteiger partial charge in [0.05, 0.1) is 16.7 Å². The molecule has 0 spiro atoms. The van der Waals surface area contributed by atoms with Gasteiger partial charge >= 0.3 is 0 Å². The van der Waals surface area contributed by atoms with Gasteiger partial charge in [0.1, 0.15) is 0 Å². The van der Waals surface area contributed by atoms with Crippen molar-refractivity contribution in [1.29, 1.82) is 0 Å². The van der Waals surface area contributed by atoms with Crippen LogP contribution in [0.15, 0.2) is 29.1 Å². The molecule has 0 saturated carbocycles. The van der Waals surface area contributed by atoms with Crippen molar-refractivity contribution < 1.29 is 8.42 Å². The van der Waals surface area contributed by atoms with E-state index < -0.39 is 10.0 Å². The summed E-state index contributed by atoms with van der Waals surface area (Å²) in [4.78, 5) is 18.9. The normalized spacial score (nSPS) is 12.0. The summed E-state index contributed by atoms with van der Waals surface area (Å²) >= 11 is 0. The van der Waals surface area contributed by atoms with Gasteiger partial charge in [-0.05, 0) is 25.5 Å². The van der Waals surface area contributed by atoms with Crippen LogP contribution in [0.3, 0.4) is 0 Å². The number of benzene rings is 1. The number of H-pyrrole nitrogens is 1. The van der Waals surface area contributed by atoms with E-state index in [2.05, 4.69) is 15.3 Å². The Hall–Kier alpha value is -1.93. The van der Waals surface area contributed by atoms with E-state index in [4.69, 9.17) is 0 Å². The van der Waals surface area contributed by atoms with Crippen molar-refractivity contribution in [3.63, 3.8) is 0 Å². The monoisotopic (exact) mass is 324 g/mol. The van der Waals surface area contributed by atoms with Gasteiger partial charge in [0.25, 0.3) is 5.56 Å². The minimum Gasteiger partial charge on any atom is -0.356 e. The van der Waals surface area contributed by atoms with Crippen molar-refractivity contribution in [2.75, 3.05) is 31.2 Å². The first-order chi connectivity index (χ1) is 10.4. The molecular weight excluding hydrogens is 304 g/mol. The fourth-order valence-electron chi connectivity index (χ4n) is 2.04. The second kappa shape index (κ2) is 6.89. The zero-order valence-electron chi connectivity index (χ0n) is 12.7. The molecule has 0 bridgehead atoms. The number of aromatic nitrogens is 2. The lowest BCUT2D eigenvalue weighted by Crippen LogP contribution is -2.30. The molecule has 0 saturated heterocycles. The molecule has 2 rings (SSSR count). The third-order valence-electron chi connectivity index (χ3n) is 3.39. The molecule has 0 amide bonds. The van der Waals surface area contributed by atoms with E-state index in [1.54, 1.807) is 32.2 Å². The van der Waals surface area contributed by atoms with Crippen LogP contribution in [0.5, 0.6) is 0 Å². The van der Waals surface area contributed by atoms with E-state index in [1.165, 1.54) is 4.31 Å². The highest BCUT2D eigenvalue weighted by Crippen LogP contribution is 2.07. The number of para-hydroxylation sites is 1. The van der Waals surface area contributed by atoms with Gasteiger partial charge in [-0.2, -0.15) is 0 Å². The maximum atomic E-state index is 11.9. The van der Waals surface area contributed by atoms with Crippen LogP contribution in [0.1, 0.15) is 13.3 Å². The molecule has 0 radical (unpaired) electrons. The molecule has 2 aromatic rings. The number of nitrogens with zero attached hydrogens (tertiary/aromatic N) is 2. The average Bonchev–Trinajstić information content (AvgIpc) is 2.51. The van der Waals surface area contributed by atoms with Crippen LogP contribution in [-0.2, 0) is 10.0 Å². The van der Waals surface area contributed by atoms with Gasteiger partial charge in [-0.15, -0.1) is 0 Å². The Balaban J connectivity index is 1.94. The van der Waals surface area contributed by atoms with E-state index >= 15 is 0 Å². The van der Waals surface area contributed by atoms with E-state index in [0.29, 0.717) is 36.4 Å². The van der Waals surface area contributed by atoms with Gasteiger partial charge in [0.2, 0.25) is 16.0 Å². The number of nitrogens with one attached hydrogen (secondary N) is 2. The molecule has 0 atom stereocenters. The second-order valence-corrected chi connectivity index (χ2v) is 7.30. The number of aromatic amines is 1. The summed E-state index contributed by atoms with van der Waals surface area (Å²) in [6.45, 7) is 2.56. The number of hydrogen-bond donors (Lipinski definition) is 2. The lowest BCUT2D eigenvalue weighted by Gasteiger charge is -2.15. The van der Waals surface area contributed by atoms with Gasteiger partial charge in [0.15, 0.2) is 0 Å². The molecule has 1 aromatic heterocycles. The number of hydrogen-bond acceptors (Lipinski definition) is 5. The Labute approximate surface area is 129 Å². The largest absolute Gasteiger partial charge is 0.356 e. The number of sulfonamides is 1. The molecule has 22 heavy (non-hydrogen) atoms. The lowest BCUT2D eigenvalue weighted by molar-refractivity contribution is 0.466. The molecule has 7 nitrogen and oxygen atoms in total. The van der Waals surface area contributed by atoms with Crippen molar-refractivity contribution in [1.82, 2.24) is 14.3 Å². The molecular formula is C14H20N4O3S. The van der Waals surface area contributed by atoms with Gasteiger partial charge in [-0.3, -0.25) is 9.78 Å². The molecule has 0 fully saturated rings. The summed E-state index contributed by atoms with van der Waals surface area (Å²) in [7, 11) is -1.58. The molecule has 0 aliphatic heterocycles. The first-order valence-corrected chi connectivity index (χ1v) is 8.72. The molecule has 2 N–H and O–H groups in total. The summed E-state index contributed by atoms with van der Waals surface area (Å²) in [5.74, 6) is 0.487. The SMILES string of the molecule is CCS(=O)(=O)N(C)CCCNc1nc2ccccc2c(=O)[nH]1. The Bertz CT molecular complexity index is 801. The summed E-state index contributed by atoms with van der Waals surface area (Å²) in [6.07, 6.45) is 0.617. The number of anilines is 1. The van der Waals surface area contributed by atoms with E-state index in [1.807, 2.05) is 6.07 Å². The summed E-state index contributed by atoms with van der Waals surface area (Å²) in [5.41, 5.74) is 0.429. The molecule has 1 aromatic carbocycles. The van der Waals surface area contributed by atoms with Crippen molar-refractivity contribution in [3.05, 3.63) is 34.6 Å². The molecule has 120 valence electrons. The Morgan fingerprint density at radius 2 is 2.05 bits per heavy atom. The minimum atomic E-state index is -3.15. The standard InChI is InChI=1S/C14H20N4O3S/c1-3-22(20,21)18(2)10-6-9-15-14-16-12-8-5-4-7-11(12)13(19)17-14/h4-5,7-8H,3,6,9-10H2,1-2H3,(H2,15,16,17,19). The zero-order chi connectivity index (χ0) is 16.2. The topological polar surface area (TPSA) is 95.2 Å². The van der Waals surface area contributed by atoms with Gasteiger partial charge < -0.3 is 5.32 Å². The quantitative estimate of drug-likeness (QED) is 0.741. The molecule has 0 aliphatic rings. The Morgan fingerprint density at radius 1 is 1.32 bits per heavy atom.